The zero-order valence-corrected chi connectivity index (χ0v) is 14.0. The molecule has 6 heteroatoms. The molecule has 3 rings (SSSR count). The van der Waals surface area contributed by atoms with Crippen molar-refractivity contribution in [3.63, 3.8) is 0 Å². The van der Waals surface area contributed by atoms with E-state index >= 15 is 0 Å². The van der Waals surface area contributed by atoms with Gasteiger partial charge in [0.1, 0.15) is 0 Å². The summed E-state index contributed by atoms with van der Waals surface area (Å²) in [6.07, 6.45) is 8.02. The van der Waals surface area contributed by atoms with Crippen LogP contribution in [0.1, 0.15) is 49.4 Å². The first kappa shape index (κ1) is 14.7. The van der Waals surface area contributed by atoms with Gasteiger partial charge in [0, 0.05) is 10.4 Å². The Kier molecular flexibility index (Phi) is 4.65. The molecule has 0 spiro atoms. The van der Waals surface area contributed by atoms with Crippen molar-refractivity contribution in [3.8, 4) is 0 Å². The molecule has 1 N–H and O–H groups in total. The fraction of sp³-hybridized carbons (Fsp3) is 0.400. The van der Waals surface area contributed by atoms with Crippen LogP contribution in [0, 0.1) is 4.77 Å². The predicted molar refractivity (Wildman–Crippen MR) is 90.4 cm³/mol. The Morgan fingerprint density at radius 3 is 2.67 bits per heavy atom. The van der Waals surface area contributed by atoms with Crippen LogP contribution in [0.25, 0.3) is 0 Å². The number of H-pyrrole nitrogens is 1. The van der Waals surface area contributed by atoms with Crippen molar-refractivity contribution in [2.75, 3.05) is 0 Å². The number of halogens is 1. The Morgan fingerprint density at radius 1 is 1.24 bits per heavy atom. The summed E-state index contributed by atoms with van der Waals surface area (Å²) in [6.45, 7) is 0. The van der Waals surface area contributed by atoms with E-state index in [1.54, 1.807) is 4.68 Å². The van der Waals surface area contributed by atoms with Gasteiger partial charge < -0.3 is 0 Å². The lowest BCUT2D eigenvalue weighted by Crippen LogP contribution is -2.10. The molecule has 1 fully saturated rings. The van der Waals surface area contributed by atoms with Crippen molar-refractivity contribution in [1.82, 2.24) is 14.9 Å². The van der Waals surface area contributed by atoms with Crippen LogP contribution in [0.3, 0.4) is 0 Å². The molecule has 0 amide bonds. The minimum atomic E-state index is 0.466. The Morgan fingerprint density at radius 2 is 1.95 bits per heavy atom. The molecule has 4 nitrogen and oxygen atoms in total. The van der Waals surface area contributed by atoms with Gasteiger partial charge in [-0.2, -0.15) is 14.9 Å². The molecule has 1 aromatic carbocycles. The van der Waals surface area contributed by atoms with Crippen molar-refractivity contribution < 1.29 is 0 Å². The molecular weight excluding hydrogens is 348 g/mol. The molecule has 2 aromatic rings. The highest BCUT2D eigenvalue weighted by Crippen LogP contribution is 2.31. The van der Waals surface area contributed by atoms with Gasteiger partial charge in [-0.25, -0.2) is 0 Å². The van der Waals surface area contributed by atoms with Crippen molar-refractivity contribution in [2.24, 2.45) is 5.10 Å². The predicted octanol–water partition coefficient (Wildman–Crippen LogP) is 4.63. The van der Waals surface area contributed by atoms with Crippen molar-refractivity contribution >= 4 is 34.4 Å². The Bertz CT molecular complexity index is 680. The molecule has 1 aliphatic rings. The third-order valence-corrected chi connectivity index (χ3v) is 4.63. The van der Waals surface area contributed by atoms with Gasteiger partial charge in [0.2, 0.25) is 4.77 Å². The standard InChI is InChI=1S/C15H17BrN4S/c16-13-8-6-11(7-9-13)10-17-20-14(18-19-15(20)21)12-4-2-1-3-5-12/h6-10,12H,1-5H2,(H,19,21)/b17-10+. The normalized spacial score (nSPS) is 16.6. The fourth-order valence-corrected chi connectivity index (χ4v) is 3.16. The first-order valence-corrected chi connectivity index (χ1v) is 8.41. The second-order valence-electron chi connectivity index (χ2n) is 5.33. The number of aromatic amines is 1. The van der Waals surface area contributed by atoms with E-state index in [0.29, 0.717) is 10.7 Å². The third-order valence-electron chi connectivity index (χ3n) is 3.84. The number of aromatic nitrogens is 3. The van der Waals surface area contributed by atoms with Gasteiger partial charge in [0.05, 0.1) is 6.21 Å². The zero-order valence-electron chi connectivity index (χ0n) is 11.6. The number of nitrogens with one attached hydrogen (secondary N) is 1. The highest BCUT2D eigenvalue weighted by atomic mass is 79.9. The van der Waals surface area contributed by atoms with E-state index in [2.05, 4.69) is 31.2 Å². The number of rotatable bonds is 3. The van der Waals surface area contributed by atoms with Crippen LogP contribution in [0.4, 0.5) is 0 Å². The molecule has 1 saturated carbocycles. The van der Waals surface area contributed by atoms with E-state index < -0.39 is 0 Å². The van der Waals surface area contributed by atoms with E-state index in [1.807, 2.05) is 30.5 Å². The summed E-state index contributed by atoms with van der Waals surface area (Å²) in [5.41, 5.74) is 1.04. The largest absolute Gasteiger partial charge is 0.250 e. The molecule has 110 valence electrons. The van der Waals surface area contributed by atoms with Crippen molar-refractivity contribution in [3.05, 3.63) is 44.9 Å². The summed E-state index contributed by atoms with van der Waals surface area (Å²) in [4.78, 5) is 0. The van der Waals surface area contributed by atoms with Crippen molar-refractivity contribution in [1.29, 1.82) is 0 Å². The monoisotopic (exact) mass is 364 g/mol. The van der Waals surface area contributed by atoms with Gasteiger partial charge >= 0.3 is 0 Å². The molecule has 1 heterocycles. The minimum absolute atomic E-state index is 0.466. The fourth-order valence-electron chi connectivity index (χ4n) is 2.71. The summed E-state index contributed by atoms with van der Waals surface area (Å²) in [5, 5.41) is 11.8. The summed E-state index contributed by atoms with van der Waals surface area (Å²) < 4.78 is 3.39. The number of hydrogen-bond donors (Lipinski definition) is 1. The Balaban J connectivity index is 1.86. The van der Waals surface area contributed by atoms with E-state index in [1.165, 1.54) is 32.1 Å². The van der Waals surface area contributed by atoms with Crippen LogP contribution in [0.5, 0.6) is 0 Å². The van der Waals surface area contributed by atoms with Crippen LogP contribution < -0.4 is 0 Å². The number of benzene rings is 1. The van der Waals surface area contributed by atoms with Gasteiger partial charge in [-0.15, -0.1) is 0 Å². The Hall–Kier alpha value is -1.27. The lowest BCUT2D eigenvalue weighted by Gasteiger charge is -2.19. The van der Waals surface area contributed by atoms with Crippen LogP contribution in [0.2, 0.25) is 0 Å². The molecule has 0 saturated heterocycles. The van der Waals surface area contributed by atoms with Gasteiger partial charge in [-0.05, 0) is 42.8 Å². The quantitative estimate of drug-likeness (QED) is 0.637. The van der Waals surface area contributed by atoms with Gasteiger partial charge in [-0.1, -0.05) is 47.3 Å². The summed E-state index contributed by atoms with van der Waals surface area (Å²) in [6, 6.07) is 8.02. The minimum Gasteiger partial charge on any atom is -0.250 e. The Labute approximate surface area is 137 Å². The number of hydrogen-bond acceptors (Lipinski definition) is 3. The zero-order chi connectivity index (χ0) is 14.7. The van der Waals surface area contributed by atoms with E-state index in [-0.39, 0.29) is 0 Å². The first-order chi connectivity index (χ1) is 10.2. The second kappa shape index (κ2) is 6.66. The van der Waals surface area contributed by atoms with E-state index in [9.17, 15) is 0 Å². The topological polar surface area (TPSA) is 46.0 Å². The van der Waals surface area contributed by atoms with Crippen LogP contribution in [-0.4, -0.2) is 21.1 Å². The highest BCUT2D eigenvalue weighted by Gasteiger charge is 2.21. The smallest absolute Gasteiger partial charge is 0.216 e. The van der Waals surface area contributed by atoms with Crippen LogP contribution in [-0.2, 0) is 0 Å². The summed E-state index contributed by atoms with van der Waals surface area (Å²) >= 11 is 8.73. The maximum atomic E-state index is 5.30. The average molecular weight is 365 g/mol. The molecule has 0 bridgehead atoms. The van der Waals surface area contributed by atoms with Gasteiger partial charge in [-0.3, -0.25) is 5.10 Å². The molecule has 0 unspecified atom stereocenters. The maximum Gasteiger partial charge on any atom is 0.216 e. The second-order valence-corrected chi connectivity index (χ2v) is 6.63. The molecule has 1 aliphatic carbocycles. The van der Waals surface area contributed by atoms with Gasteiger partial charge in [0.25, 0.3) is 0 Å². The SMILES string of the molecule is S=c1[nH]nc(C2CCCCC2)n1/N=C/c1ccc(Br)cc1. The van der Waals surface area contributed by atoms with Crippen LogP contribution >= 0.6 is 28.1 Å². The van der Waals surface area contributed by atoms with Crippen molar-refractivity contribution in [2.45, 2.75) is 38.0 Å². The lowest BCUT2D eigenvalue weighted by molar-refractivity contribution is 0.419. The molecule has 21 heavy (non-hydrogen) atoms. The van der Waals surface area contributed by atoms with Gasteiger partial charge in [0.15, 0.2) is 5.82 Å². The molecular formula is C15H17BrN4S. The maximum absolute atomic E-state index is 5.30. The summed E-state index contributed by atoms with van der Waals surface area (Å²) in [5.74, 6) is 1.43. The third kappa shape index (κ3) is 3.49. The first-order valence-electron chi connectivity index (χ1n) is 7.21. The molecule has 1 aromatic heterocycles. The molecule has 0 radical (unpaired) electrons. The average Bonchev–Trinajstić information content (AvgIpc) is 2.89. The van der Waals surface area contributed by atoms with E-state index in [4.69, 9.17) is 12.2 Å². The molecule has 0 aliphatic heterocycles. The van der Waals surface area contributed by atoms with E-state index in [0.717, 1.165) is 15.9 Å². The molecule has 0 atom stereocenters. The highest BCUT2D eigenvalue weighted by molar-refractivity contribution is 9.10. The van der Waals surface area contributed by atoms with Crippen LogP contribution in [0.15, 0.2) is 33.8 Å². The number of nitrogens with zero attached hydrogens (tertiary/aromatic N) is 3. The summed E-state index contributed by atoms with van der Waals surface area (Å²) in [7, 11) is 0. The lowest BCUT2D eigenvalue weighted by atomic mass is 9.89.